The van der Waals surface area contributed by atoms with Crippen LogP contribution in [0.1, 0.15) is 5.56 Å². The van der Waals surface area contributed by atoms with Crippen molar-refractivity contribution in [1.82, 2.24) is 0 Å². The third-order valence-electron chi connectivity index (χ3n) is 3.69. The van der Waals surface area contributed by atoms with Gasteiger partial charge in [-0.25, -0.2) is 4.79 Å². The summed E-state index contributed by atoms with van der Waals surface area (Å²) >= 11 is 0. The summed E-state index contributed by atoms with van der Waals surface area (Å²) < 4.78 is 15.0. The van der Waals surface area contributed by atoms with Gasteiger partial charge in [-0.3, -0.25) is 0 Å². The molecule has 1 aliphatic rings. The van der Waals surface area contributed by atoms with Crippen LogP contribution in [0, 0.1) is 0 Å². The molecule has 0 amide bonds. The van der Waals surface area contributed by atoms with E-state index in [0.717, 1.165) is 0 Å². The van der Waals surface area contributed by atoms with Crippen LogP contribution in [0.15, 0.2) is 24.3 Å². The lowest BCUT2D eigenvalue weighted by molar-refractivity contribution is -0.277. The van der Waals surface area contributed by atoms with E-state index in [9.17, 15) is 25.2 Å². The third-order valence-corrected chi connectivity index (χ3v) is 3.69. The van der Waals surface area contributed by atoms with Crippen LogP contribution in [-0.2, 0) is 14.3 Å². The summed E-state index contributed by atoms with van der Waals surface area (Å²) in [6, 6.07) is 4.20. The molecule has 25 heavy (non-hydrogen) atoms. The number of phenols is 1. The number of rotatable bonds is 5. The number of aliphatic hydroxyl groups is 4. The van der Waals surface area contributed by atoms with E-state index in [1.54, 1.807) is 0 Å². The van der Waals surface area contributed by atoms with Crippen LogP contribution < -0.4 is 4.74 Å². The van der Waals surface area contributed by atoms with Crippen molar-refractivity contribution < 1.29 is 44.5 Å². The van der Waals surface area contributed by atoms with Crippen molar-refractivity contribution in [2.24, 2.45) is 0 Å². The first-order valence-electron chi connectivity index (χ1n) is 7.43. The van der Waals surface area contributed by atoms with E-state index in [2.05, 4.69) is 4.74 Å². The summed E-state index contributed by atoms with van der Waals surface area (Å²) in [5.74, 6) is -0.912. The highest BCUT2D eigenvalue weighted by Gasteiger charge is 2.44. The SMILES string of the molecule is COC(=O)C=Cc1ccc(OC2OC(CO)C(O)C(O)C2O)c(O)c1. The Hall–Kier alpha value is -2.17. The molecular weight excluding hydrogens is 336 g/mol. The molecule has 5 unspecified atom stereocenters. The zero-order valence-corrected chi connectivity index (χ0v) is 13.3. The van der Waals surface area contributed by atoms with Gasteiger partial charge in [-0.05, 0) is 23.8 Å². The Kier molecular flexibility index (Phi) is 6.34. The van der Waals surface area contributed by atoms with Crippen LogP contribution in [-0.4, -0.2) is 75.9 Å². The monoisotopic (exact) mass is 356 g/mol. The number of ether oxygens (including phenoxy) is 3. The minimum atomic E-state index is -1.59. The number of methoxy groups -OCH3 is 1. The van der Waals surface area contributed by atoms with Crippen LogP contribution in [0.25, 0.3) is 6.08 Å². The molecule has 2 rings (SSSR count). The summed E-state index contributed by atoms with van der Waals surface area (Å²) in [7, 11) is 1.24. The van der Waals surface area contributed by atoms with Crippen LogP contribution in [0.2, 0.25) is 0 Å². The number of aliphatic hydroxyl groups excluding tert-OH is 4. The molecule has 0 aromatic heterocycles. The smallest absolute Gasteiger partial charge is 0.330 e. The normalized spacial score (nSPS) is 29.6. The molecule has 5 atom stereocenters. The number of aromatic hydroxyl groups is 1. The van der Waals surface area contributed by atoms with Crippen molar-refractivity contribution in [3.05, 3.63) is 29.8 Å². The predicted molar refractivity (Wildman–Crippen MR) is 83.6 cm³/mol. The summed E-state index contributed by atoms with van der Waals surface area (Å²) in [6.45, 7) is -0.589. The number of hydrogen-bond acceptors (Lipinski definition) is 9. The van der Waals surface area contributed by atoms with Gasteiger partial charge in [0.25, 0.3) is 0 Å². The molecule has 1 fully saturated rings. The number of carbonyl (C=O) groups excluding carboxylic acids is 1. The van der Waals surface area contributed by atoms with Gasteiger partial charge in [0.2, 0.25) is 6.29 Å². The zero-order chi connectivity index (χ0) is 18.6. The lowest BCUT2D eigenvalue weighted by Crippen LogP contribution is -2.60. The lowest BCUT2D eigenvalue weighted by Gasteiger charge is -2.39. The Morgan fingerprint density at radius 3 is 2.56 bits per heavy atom. The highest BCUT2D eigenvalue weighted by molar-refractivity contribution is 5.87. The topological polar surface area (TPSA) is 146 Å². The van der Waals surface area contributed by atoms with Gasteiger partial charge in [0.1, 0.15) is 24.4 Å². The predicted octanol–water partition coefficient (Wildman–Crippen LogP) is -1.24. The molecule has 1 aliphatic heterocycles. The molecule has 1 aromatic rings. The van der Waals surface area contributed by atoms with E-state index in [-0.39, 0.29) is 11.5 Å². The van der Waals surface area contributed by atoms with Gasteiger partial charge in [-0.1, -0.05) is 6.07 Å². The van der Waals surface area contributed by atoms with Gasteiger partial charge in [0.05, 0.1) is 13.7 Å². The van der Waals surface area contributed by atoms with Crippen molar-refractivity contribution in [2.45, 2.75) is 30.7 Å². The Bertz CT molecular complexity index is 628. The van der Waals surface area contributed by atoms with E-state index < -0.39 is 43.3 Å². The second kappa shape index (κ2) is 8.28. The fraction of sp³-hybridized carbons (Fsp3) is 0.438. The minimum Gasteiger partial charge on any atom is -0.504 e. The fourth-order valence-electron chi connectivity index (χ4n) is 2.26. The second-order valence-electron chi connectivity index (χ2n) is 5.40. The maximum atomic E-state index is 11.0. The van der Waals surface area contributed by atoms with E-state index in [0.29, 0.717) is 5.56 Å². The maximum absolute atomic E-state index is 11.0. The second-order valence-corrected chi connectivity index (χ2v) is 5.40. The number of carbonyl (C=O) groups is 1. The number of esters is 1. The Morgan fingerprint density at radius 2 is 1.96 bits per heavy atom. The highest BCUT2D eigenvalue weighted by Crippen LogP contribution is 2.31. The maximum Gasteiger partial charge on any atom is 0.330 e. The van der Waals surface area contributed by atoms with E-state index in [1.807, 2.05) is 0 Å². The van der Waals surface area contributed by atoms with E-state index in [1.165, 1.54) is 37.5 Å². The first-order chi connectivity index (χ1) is 11.9. The number of phenolic OH excluding ortho intramolecular Hbond substituents is 1. The van der Waals surface area contributed by atoms with Gasteiger partial charge in [-0.15, -0.1) is 0 Å². The van der Waals surface area contributed by atoms with Crippen LogP contribution in [0.3, 0.4) is 0 Å². The van der Waals surface area contributed by atoms with Crippen molar-refractivity contribution in [3.63, 3.8) is 0 Å². The molecule has 9 nitrogen and oxygen atoms in total. The minimum absolute atomic E-state index is 0.0560. The van der Waals surface area contributed by atoms with E-state index in [4.69, 9.17) is 14.6 Å². The average Bonchev–Trinajstić information content (AvgIpc) is 2.61. The molecule has 1 aromatic carbocycles. The van der Waals surface area contributed by atoms with E-state index >= 15 is 0 Å². The van der Waals surface area contributed by atoms with Crippen molar-refractivity contribution in [1.29, 1.82) is 0 Å². The third kappa shape index (κ3) is 4.47. The highest BCUT2D eigenvalue weighted by atomic mass is 16.7. The van der Waals surface area contributed by atoms with Crippen LogP contribution in [0.4, 0.5) is 0 Å². The summed E-state index contributed by atoms with van der Waals surface area (Å²) in [5.41, 5.74) is 0.490. The Morgan fingerprint density at radius 1 is 1.24 bits per heavy atom. The van der Waals surface area contributed by atoms with Gasteiger partial charge < -0.3 is 39.7 Å². The van der Waals surface area contributed by atoms with Gasteiger partial charge in [0, 0.05) is 6.08 Å². The molecule has 1 saturated heterocycles. The molecule has 0 saturated carbocycles. The summed E-state index contributed by atoms with van der Waals surface area (Å²) in [5, 5.41) is 48.5. The molecule has 0 aliphatic carbocycles. The lowest BCUT2D eigenvalue weighted by atomic mass is 9.99. The summed E-state index contributed by atoms with van der Waals surface area (Å²) in [6.07, 6.45) is -4.60. The largest absolute Gasteiger partial charge is 0.504 e. The van der Waals surface area contributed by atoms with Gasteiger partial charge in [0.15, 0.2) is 11.5 Å². The molecule has 0 bridgehead atoms. The molecule has 138 valence electrons. The standard InChI is InChI=1S/C16H20O9/c1-23-12(19)5-3-8-2-4-10(9(18)6-8)24-16-15(22)14(21)13(20)11(7-17)25-16/h2-6,11,13-18,20-22H,7H2,1H3. The first kappa shape index (κ1) is 19.2. The van der Waals surface area contributed by atoms with Gasteiger partial charge in [-0.2, -0.15) is 0 Å². The van der Waals surface area contributed by atoms with Crippen molar-refractivity contribution >= 4 is 12.0 Å². The zero-order valence-electron chi connectivity index (χ0n) is 13.3. The van der Waals surface area contributed by atoms with Crippen LogP contribution >= 0.6 is 0 Å². The average molecular weight is 356 g/mol. The van der Waals surface area contributed by atoms with Crippen molar-refractivity contribution in [2.75, 3.05) is 13.7 Å². The Labute approximate surface area is 143 Å². The number of hydrogen-bond donors (Lipinski definition) is 5. The van der Waals surface area contributed by atoms with Crippen molar-refractivity contribution in [3.8, 4) is 11.5 Å². The Balaban J connectivity index is 2.11. The first-order valence-corrected chi connectivity index (χ1v) is 7.43. The quantitative estimate of drug-likeness (QED) is 0.323. The molecular formula is C16H20O9. The molecule has 0 spiro atoms. The number of benzene rings is 1. The molecule has 0 radical (unpaired) electrons. The van der Waals surface area contributed by atoms with Gasteiger partial charge >= 0.3 is 5.97 Å². The molecule has 5 N–H and O–H groups in total. The van der Waals surface area contributed by atoms with Crippen LogP contribution in [0.5, 0.6) is 11.5 Å². The summed E-state index contributed by atoms with van der Waals surface area (Å²) in [4.78, 5) is 11.0. The fourth-order valence-corrected chi connectivity index (χ4v) is 2.26. The molecule has 9 heteroatoms. The molecule has 1 heterocycles.